The van der Waals surface area contributed by atoms with Crippen LogP contribution in [0.15, 0.2) is 12.3 Å². The molecule has 3 heteroatoms. The van der Waals surface area contributed by atoms with Crippen LogP contribution in [0.5, 0.6) is 0 Å². The fourth-order valence-corrected chi connectivity index (χ4v) is 1.14. The summed E-state index contributed by atoms with van der Waals surface area (Å²) in [6, 6.07) is 1.90. The third-order valence-corrected chi connectivity index (χ3v) is 1.84. The molecule has 1 aromatic heterocycles. The smallest absolute Gasteiger partial charge is 0.149 e. The second-order valence-electron chi connectivity index (χ2n) is 3.18. The van der Waals surface area contributed by atoms with Gasteiger partial charge in [-0.2, -0.15) is 0 Å². The quantitative estimate of drug-likeness (QED) is 0.561. The second-order valence-corrected chi connectivity index (χ2v) is 3.18. The van der Waals surface area contributed by atoms with Crippen molar-refractivity contribution in [3.05, 3.63) is 17.8 Å². The van der Waals surface area contributed by atoms with Crippen LogP contribution in [0.2, 0.25) is 0 Å². The van der Waals surface area contributed by atoms with Crippen LogP contribution in [-0.2, 0) is 0 Å². The molecule has 0 saturated carbocycles. The first-order valence-electron chi connectivity index (χ1n) is 4.63. The standard InChI is InChI=1S/C11H15N3/c1-3-4-5-6-13-11-10(12)7-9(2)8-14-11/h1,7-8H,4-6,12H2,2H3,(H,13,14). The summed E-state index contributed by atoms with van der Waals surface area (Å²) < 4.78 is 0. The van der Waals surface area contributed by atoms with Crippen LogP contribution in [0.4, 0.5) is 11.5 Å². The molecule has 3 N–H and O–H groups in total. The summed E-state index contributed by atoms with van der Waals surface area (Å²) in [6.07, 6.45) is 8.64. The van der Waals surface area contributed by atoms with Gasteiger partial charge in [0.25, 0.3) is 0 Å². The molecule has 0 aliphatic heterocycles. The molecule has 1 heterocycles. The van der Waals surface area contributed by atoms with E-state index in [0.29, 0.717) is 5.69 Å². The Kier molecular flexibility index (Phi) is 3.81. The number of unbranched alkanes of at least 4 members (excludes halogenated alkanes) is 1. The lowest BCUT2D eigenvalue weighted by Gasteiger charge is -2.07. The molecule has 0 bridgehead atoms. The number of nitrogens with two attached hydrogens (primary N) is 1. The number of nitrogens with one attached hydrogen (secondary N) is 1. The van der Waals surface area contributed by atoms with Crippen molar-refractivity contribution >= 4 is 11.5 Å². The predicted molar refractivity (Wildman–Crippen MR) is 59.9 cm³/mol. The van der Waals surface area contributed by atoms with Gasteiger partial charge in [-0.1, -0.05) is 0 Å². The highest BCUT2D eigenvalue weighted by Crippen LogP contribution is 2.15. The Bertz CT molecular complexity index is 339. The van der Waals surface area contributed by atoms with E-state index in [2.05, 4.69) is 16.2 Å². The van der Waals surface area contributed by atoms with Crippen molar-refractivity contribution in [3.63, 3.8) is 0 Å². The Hall–Kier alpha value is -1.69. The predicted octanol–water partition coefficient (Wildman–Crippen LogP) is 1.80. The molecule has 0 aliphatic carbocycles. The van der Waals surface area contributed by atoms with Gasteiger partial charge in [0.15, 0.2) is 0 Å². The minimum Gasteiger partial charge on any atom is -0.396 e. The summed E-state index contributed by atoms with van der Waals surface area (Å²) in [5.74, 6) is 3.33. The van der Waals surface area contributed by atoms with E-state index in [1.807, 2.05) is 13.0 Å². The molecule has 1 rings (SSSR count). The van der Waals surface area contributed by atoms with E-state index in [4.69, 9.17) is 12.2 Å². The van der Waals surface area contributed by atoms with Gasteiger partial charge in [0, 0.05) is 19.2 Å². The first-order chi connectivity index (χ1) is 6.74. The number of hydrogen-bond acceptors (Lipinski definition) is 3. The summed E-state index contributed by atoms with van der Waals surface area (Å²) in [7, 11) is 0. The number of aryl methyl sites for hydroxylation is 1. The minimum atomic E-state index is 0.686. The van der Waals surface area contributed by atoms with E-state index < -0.39 is 0 Å². The maximum Gasteiger partial charge on any atom is 0.149 e. The van der Waals surface area contributed by atoms with Crippen molar-refractivity contribution in [3.8, 4) is 12.3 Å². The number of aromatic nitrogens is 1. The molecule has 0 spiro atoms. The van der Waals surface area contributed by atoms with E-state index >= 15 is 0 Å². The largest absolute Gasteiger partial charge is 0.396 e. The molecule has 14 heavy (non-hydrogen) atoms. The van der Waals surface area contributed by atoms with Gasteiger partial charge in [-0.15, -0.1) is 12.3 Å². The summed E-state index contributed by atoms with van der Waals surface area (Å²) in [4.78, 5) is 4.19. The molecule has 0 atom stereocenters. The van der Waals surface area contributed by atoms with Gasteiger partial charge in [-0.05, 0) is 25.0 Å². The molecule has 74 valence electrons. The Morgan fingerprint density at radius 1 is 1.64 bits per heavy atom. The van der Waals surface area contributed by atoms with Crippen LogP contribution in [0.3, 0.4) is 0 Å². The van der Waals surface area contributed by atoms with E-state index in [1.165, 1.54) is 0 Å². The normalized spacial score (nSPS) is 9.43. The van der Waals surface area contributed by atoms with Gasteiger partial charge < -0.3 is 11.1 Å². The molecule has 0 radical (unpaired) electrons. The molecule has 0 unspecified atom stereocenters. The van der Waals surface area contributed by atoms with Crippen LogP contribution in [0.1, 0.15) is 18.4 Å². The van der Waals surface area contributed by atoms with Gasteiger partial charge in [0.1, 0.15) is 5.82 Å². The number of terminal acetylenes is 1. The van der Waals surface area contributed by atoms with Gasteiger partial charge in [0.2, 0.25) is 0 Å². The van der Waals surface area contributed by atoms with Gasteiger partial charge in [-0.3, -0.25) is 0 Å². The number of nitrogen functional groups attached to an aromatic ring is 1. The van der Waals surface area contributed by atoms with E-state index in [9.17, 15) is 0 Å². The van der Waals surface area contributed by atoms with Gasteiger partial charge >= 0.3 is 0 Å². The summed E-state index contributed by atoms with van der Waals surface area (Å²) >= 11 is 0. The number of hydrogen-bond donors (Lipinski definition) is 2. The average Bonchev–Trinajstić information content (AvgIpc) is 2.15. The number of anilines is 2. The Balaban J connectivity index is 2.47. The third kappa shape index (κ3) is 2.98. The molecule has 0 fully saturated rings. The van der Waals surface area contributed by atoms with Crippen molar-refractivity contribution in [2.24, 2.45) is 0 Å². The molecular formula is C11H15N3. The van der Waals surface area contributed by atoms with Gasteiger partial charge in [-0.25, -0.2) is 4.98 Å². The lowest BCUT2D eigenvalue weighted by molar-refractivity contribution is 0.901. The van der Waals surface area contributed by atoms with Crippen molar-refractivity contribution in [1.29, 1.82) is 0 Å². The number of rotatable bonds is 4. The number of nitrogens with zero attached hydrogens (tertiary/aromatic N) is 1. The van der Waals surface area contributed by atoms with Crippen LogP contribution in [-0.4, -0.2) is 11.5 Å². The third-order valence-electron chi connectivity index (χ3n) is 1.84. The summed E-state index contributed by atoms with van der Waals surface area (Å²) in [6.45, 7) is 2.77. The van der Waals surface area contributed by atoms with Gasteiger partial charge in [0.05, 0.1) is 5.69 Å². The minimum absolute atomic E-state index is 0.686. The lowest BCUT2D eigenvalue weighted by Crippen LogP contribution is -2.06. The first kappa shape index (κ1) is 10.4. The molecule has 0 saturated heterocycles. The maximum absolute atomic E-state index is 5.77. The molecule has 0 aromatic carbocycles. The highest BCUT2D eigenvalue weighted by atomic mass is 15.0. The fraction of sp³-hybridized carbons (Fsp3) is 0.364. The van der Waals surface area contributed by atoms with Crippen molar-refractivity contribution in [2.75, 3.05) is 17.6 Å². The molecular weight excluding hydrogens is 174 g/mol. The van der Waals surface area contributed by atoms with E-state index in [-0.39, 0.29) is 0 Å². The molecule has 0 amide bonds. The second kappa shape index (κ2) is 5.13. The Morgan fingerprint density at radius 2 is 2.43 bits per heavy atom. The topological polar surface area (TPSA) is 50.9 Å². The molecule has 1 aromatic rings. The summed E-state index contributed by atoms with van der Waals surface area (Å²) in [5.41, 5.74) is 7.52. The van der Waals surface area contributed by atoms with Crippen molar-refractivity contribution < 1.29 is 0 Å². The Labute approximate surface area is 84.7 Å². The van der Waals surface area contributed by atoms with Crippen LogP contribution in [0.25, 0.3) is 0 Å². The van der Waals surface area contributed by atoms with E-state index in [1.54, 1.807) is 6.20 Å². The van der Waals surface area contributed by atoms with E-state index in [0.717, 1.165) is 30.8 Å². The highest BCUT2D eigenvalue weighted by molar-refractivity contribution is 5.61. The van der Waals surface area contributed by atoms with Crippen LogP contribution >= 0.6 is 0 Å². The molecule has 0 aliphatic rings. The molecule has 3 nitrogen and oxygen atoms in total. The highest BCUT2D eigenvalue weighted by Gasteiger charge is 1.98. The average molecular weight is 189 g/mol. The van der Waals surface area contributed by atoms with Crippen molar-refractivity contribution in [1.82, 2.24) is 4.98 Å². The monoisotopic (exact) mass is 189 g/mol. The van der Waals surface area contributed by atoms with Crippen molar-refractivity contribution in [2.45, 2.75) is 19.8 Å². The van der Waals surface area contributed by atoms with Crippen LogP contribution < -0.4 is 11.1 Å². The fourth-order valence-electron chi connectivity index (χ4n) is 1.14. The maximum atomic E-state index is 5.77. The SMILES string of the molecule is C#CCCCNc1ncc(C)cc1N. The zero-order valence-electron chi connectivity index (χ0n) is 8.38. The number of pyridine rings is 1. The van der Waals surface area contributed by atoms with Crippen LogP contribution in [0, 0.1) is 19.3 Å². The summed E-state index contributed by atoms with van der Waals surface area (Å²) in [5, 5.41) is 3.14. The zero-order chi connectivity index (χ0) is 10.4. The lowest BCUT2D eigenvalue weighted by atomic mass is 10.2. The Morgan fingerprint density at radius 3 is 3.07 bits per heavy atom. The first-order valence-corrected chi connectivity index (χ1v) is 4.63. The zero-order valence-corrected chi connectivity index (χ0v) is 8.38.